The number of benzene rings is 3. The highest BCUT2D eigenvalue weighted by atomic mass is 79.9. The van der Waals surface area contributed by atoms with Gasteiger partial charge < -0.3 is 5.32 Å². The predicted octanol–water partition coefficient (Wildman–Crippen LogP) is 4.97. The molecule has 0 saturated heterocycles. The van der Waals surface area contributed by atoms with Crippen LogP contribution in [0.2, 0.25) is 0 Å². The van der Waals surface area contributed by atoms with Gasteiger partial charge in [0.2, 0.25) is 0 Å². The maximum atomic E-state index is 13.9. The minimum atomic E-state index is -3.72. The first-order chi connectivity index (χ1) is 13.7. The maximum Gasteiger partial charge on any atom is 0.264 e. The molecule has 0 aliphatic carbocycles. The van der Waals surface area contributed by atoms with Crippen LogP contribution in [0.4, 0.5) is 15.8 Å². The molecule has 1 amide bonds. The highest BCUT2D eigenvalue weighted by Gasteiger charge is 2.21. The van der Waals surface area contributed by atoms with Gasteiger partial charge in [0, 0.05) is 17.1 Å². The number of nitrogens with one attached hydrogen (secondary N) is 1. The van der Waals surface area contributed by atoms with Crippen molar-refractivity contribution in [3.8, 4) is 0 Å². The fourth-order valence-electron chi connectivity index (χ4n) is 2.62. The molecule has 0 fully saturated rings. The smallest absolute Gasteiger partial charge is 0.264 e. The molecule has 0 spiro atoms. The van der Waals surface area contributed by atoms with Crippen LogP contribution in [-0.2, 0) is 10.0 Å². The first-order valence-corrected chi connectivity index (χ1v) is 10.8. The molecule has 0 unspecified atom stereocenters. The second-order valence-corrected chi connectivity index (χ2v) is 9.30. The lowest BCUT2D eigenvalue weighted by Crippen LogP contribution is -2.26. The van der Waals surface area contributed by atoms with Crippen LogP contribution in [0.25, 0.3) is 0 Å². The number of nitrogens with zero attached hydrogens (tertiary/aromatic N) is 1. The van der Waals surface area contributed by atoms with Crippen LogP contribution >= 0.6 is 15.9 Å². The van der Waals surface area contributed by atoms with Crippen LogP contribution in [0, 0.1) is 12.7 Å². The van der Waals surface area contributed by atoms with Crippen molar-refractivity contribution in [3.05, 3.63) is 88.1 Å². The number of amides is 1. The number of sulfonamides is 1. The van der Waals surface area contributed by atoms with Gasteiger partial charge in [-0.3, -0.25) is 9.10 Å². The molecule has 3 aromatic rings. The van der Waals surface area contributed by atoms with Crippen LogP contribution in [0.1, 0.15) is 15.9 Å². The summed E-state index contributed by atoms with van der Waals surface area (Å²) in [6, 6.07) is 16.9. The zero-order valence-electron chi connectivity index (χ0n) is 15.7. The number of hydrogen-bond acceptors (Lipinski definition) is 3. The van der Waals surface area contributed by atoms with E-state index in [4.69, 9.17) is 0 Å². The Morgan fingerprint density at radius 3 is 2.21 bits per heavy atom. The highest BCUT2D eigenvalue weighted by Crippen LogP contribution is 2.24. The molecule has 0 saturated carbocycles. The lowest BCUT2D eigenvalue weighted by Gasteiger charge is -2.20. The predicted molar refractivity (Wildman–Crippen MR) is 115 cm³/mol. The molecule has 0 aromatic heterocycles. The summed E-state index contributed by atoms with van der Waals surface area (Å²) in [4.78, 5) is 12.5. The SMILES string of the molecule is Cc1ccc(S(=O)(=O)N(C)c2ccc(C(=O)Nc3ccc(Br)cc3F)cc2)cc1. The molecule has 3 aromatic carbocycles. The van der Waals surface area contributed by atoms with E-state index in [9.17, 15) is 17.6 Å². The van der Waals surface area contributed by atoms with E-state index in [0.29, 0.717) is 10.2 Å². The summed E-state index contributed by atoms with van der Waals surface area (Å²) in [5.74, 6) is -1.06. The topological polar surface area (TPSA) is 66.5 Å². The number of halogens is 2. The first-order valence-electron chi connectivity index (χ1n) is 8.60. The molecule has 0 heterocycles. The number of anilines is 2. The second-order valence-electron chi connectivity index (χ2n) is 6.41. The first kappa shape index (κ1) is 21.0. The van der Waals surface area contributed by atoms with Crippen LogP contribution < -0.4 is 9.62 Å². The van der Waals surface area contributed by atoms with E-state index in [1.807, 2.05) is 6.92 Å². The Morgan fingerprint density at radius 1 is 1.00 bits per heavy atom. The average Bonchev–Trinajstić information content (AvgIpc) is 2.70. The lowest BCUT2D eigenvalue weighted by atomic mass is 10.2. The van der Waals surface area contributed by atoms with Crippen molar-refractivity contribution in [2.75, 3.05) is 16.7 Å². The van der Waals surface area contributed by atoms with E-state index < -0.39 is 21.7 Å². The summed E-state index contributed by atoms with van der Waals surface area (Å²) in [5, 5.41) is 2.50. The molecular formula is C21H18BrFN2O3S. The summed E-state index contributed by atoms with van der Waals surface area (Å²) >= 11 is 3.16. The maximum absolute atomic E-state index is 13.9. The molecular weight excluding hydrogens is 459 g/mol. The molecule has 0 aliphatic heterocycles. The monoisotopic (exact) mass is 476 g/mol. The summed E-state index contributed by atoms with van der Waals surface area (Å²) in [5.41, 5.74) is 1.69. The largest absolute Gasteiger partial charge is 0.319 e. The molecule has 0 aliphatic rings. The normalized spacial score (nSPS) is 11.2. The minimum Gasteiger partial charge on any atom is -0.319 e. The van der Waals surface area contributed by atoms with Crippen LogP contribution in [0.3, 0.4) is 0 Å². The lowest BCUT2D eigenvalue weighted by molar-refractivity contribution is 0.102. The van der Waals surface area contributed by atoms with Gasteiger partial charge in [0.15, 0.2) is 0 Å². The fraction of sp³-hybridized carbons (Fsp3) is 0.0952. The molecule has 3 rings (SSSR count). The van der Waals surface area contributed by atoms with Crippen molar-refractivity contribution in [2.45, 2.75) is 11.8 Å². The number of carbonyl (C=O) groups is 1. The van der Waals surface area contributed by atoms with Gasteiger partial charge in [0.1, 0.15) is 5.82 Å². The average molecular weight is 477 g/mol. The summed E-state index contributed by atoms with van der Waals surface area (Å²) in [6.45, 7) is 1.88. The Hall–Kier alpha value is -2.71. The Labute approximate surface area is 177 Å². The van der Waals surface area contributed by atoms with Crippen molar-refractivity contribution in [1.82, 2.24) is 0 Å². The van der Waals surface area contributed by atoms with E-state index in [1.165, 1.54) is 43.4 Å². The number of carbonyl (C=O) groups excluding carboxylic acids is 1. The van der Waals surface area contributed by atoms with Crippen LogP contribution in [0.15, 0.2) is 76.1 Å². The molecule has 0 bridgehead atoms. The fourth-order valence-corrected chi connectivity index (χ4v) is 4.14. The zero-order valence-corrected chi connectivity index (χ0v) is 18.1. The van der Waals surface area contributed by atoms with Gasteiger partial charge in [-0.1, -0.05) is 33.6 Å². The molecule has 29 heavy (non-hydrogen) atoms. The van der Waals surface area contributed by atoms with Crippen molar-refractivity contribution in [3.63, 3.8) is 0 Å². The van der Waals surface area contributed by atoms with Crippen LogP contribution in [0.5, 0.6) is 0 Å². The molecule has 8 heteroatoms. The summed E-state index contributed by atoms with van der Waals surface area (Å²) in [7, 11) is -2.28. The van der Waals surface area contributed by atoms with Gasteiger partial charge >= 0.3 is 0 Å². The van der Waals surface area contributed by atoms with Crippen molar-refractivity contribution < 1.29 is 17.6 Å². The van der Waals surface area contributed by atoms with Crippen molar-refractivity contribution in [2.24, 2.45) is 0 Å². The molecule has 0 atom stereocenters. The number of aryl methyl sites for hydroxylation is 1. The molecule has 150 valence electrons. The quantitative estimate of drug-likeness (QED) is 0.564. The number of hydrogen-bond donors (Lipinski definition) is 1. The third-order valence-electron chi connectivity index (χ3n) is 4.35. The second kappa shape index (κ2) is 8.34. The van der Waals surface area contributed by atoms with E-state index >= 15 is 0 Å². The van der Waals surface area contributed by atoms with Gasteiger partial charge in [-0.2, -0.15) is 0 Å². The Bertz CT molecular complexity index is 1150. The molecule has 5 nitrogen and oxygen atoms in total. The molecule has 1 N–H and O–H groups in total. The van der Waals surface area contributed by atoms with Crippen molar-refractivity contribution in [1.29, 1.82) is 0 Å². The standard InChI is InChI=1S/C21H18BrFN2O3S/c1-14-3-10-18(11-4-14)29(27,28)25(2)17-8-5-15(6-9-17)21(26)24-20-12-7-16(22)13-19(20)23/h3-13H,1-2H3,(H,24,26). The van der Waals surface area contributed by atoms with Crippen LogP contribution in [-0.4, -0.2) is 21.4 Å². The highest BCUT2D eigenvalue weighted by molar-refractivity contribution is 9.10. The Kier molecular flexibility index (Phi) is 6.04. The minimum absolute atomic E-state index is 0.0568. The van der Waals surface area contributed by atoms with Crippen molar-refractivity contribution >= 4 is 43.2 Å². The third-order valence-corrected chi connectivity index (χ3v) is 6.64. The van der Waals surface area contributed by atoms with E-state index in [-0.39, 0.29) is 16.1 Å². The van der Waals surface area contributed by atoms with Gasteiger partial charge in [-0.15, -0.1) is 0 Å². The van der Waals surface area contributed by atoms with Gasteiger partial charge in [-0.05, 0) is 61.5 Å². The van der Waals surface area contributed by atoms with E-state index in [1.54, 1.807) is 30.3 Å². The van der Waals surface area contributed by atoms with E-state index in [0.717, 1.165) is 9.87 Å². The summed E-state index contributed by atoms with van der Waals surface area (Å²) < 4.78 is 41.1. The summed E-state index contributed by atoms with van der Waals surface area (Å²) in [6.07, 6.45) is 0. The number of rotatable bonds is 5. The van der Waals surface area contributed by atoms with Gasteiger partial charge in [0.05, 0.1) is 16.3 Å². The third kappa shape index (κ3) is 4.65. The Morgan fingerprint density at radius 2 is 1.62 bits per heavy atom. The zero-order chi connectivity index (χ0) is 21.2. The van der Waals surface area contributed by atoms with Gasteiger partial charge in [0.25, 0.3) is 15.9 Å². The Balaban J connectivity index is 1.78. The molecule has 0 radical (unpaired) electrons. The van der Waals surface area contributed by atoms with E-state index in [2.05, 4.69) is 21.2 Å². The van der Waals surface area contributed by atoms with Gasteiger partial charge in [-0.25, -0.2) is 12.8 Å².